The van der Waals surface area contributed by atoms with Crippen molar-refractivity contribution in [2.45, 2.75) is 20.0 Å². The third-order valence-electron chi connectivity index (χ3n) is 4.05. The fourth-order valence-electron chi connectivity index (χ4n) is 2.73. The molecule has 0 atom stereocenters. The van der Waals surface area contributed by atoms with Crippen LogP contribution in [-0.2, 0) is 19.6 Å². The highest BCUT2D eigenvalue weighted by Crippen LogP contribution is 2.29. The summed E-state index contributed by atoms with van der Waals surface area (Å²) in [5.74, 6) is 0.598. The van der Waals surface area contributed by atoms with Gasteiger partial charge in [0.1, 0.15) is 10.8 Å². The van der Waals surface area contributed by atoms with Gasteiger partial charge in [-0.05, 0) is 50.2 Å². The fourth-order valence-corrected chi connectivity index (χ4v) is 3.44. The molecule has 188 valence electrons. The normalized spacial score (nSPS) is 10.8. The van der Waals surface area contributed by atoms with Gasteiger partial charge < -0.3 is 20.1 Å². The number of para-hydroxylation sites is 2. The molecule has 0 amide bonds. The van der Waals surface area contributed by atoms with Crippen molar-refractivity contribution < 1.29 is 22.7 Å². The van der Waals surface area contributed by atoms with E-state index in [1.165, 1.54) is 6.20 Å². The van der Waals surface area contributed by atoms with E-state index in [0.717, 1.165) is 6.26 Å². The van der Waals surface area contributed by atoms with E-state index in [-0.39, 0.29) is 41.9 Å². The van der Waals surface area contributed by atoms with Crippen LogP contribution in [0.3, 0.4) is 0 Å². The summed E-state index contributed by atoms with van der Waals surface area (Å²) in [4.78, 5) is 20.1. The molecule has 0 fully saturated rings. The average Bonchev–Trinajstić information content (AvgIpc) is 2.75. The quantitative estimate of drug-likeness (QED) is 0.311. The van der Waals surface area contributed by atoms with Crippen LogP contribution in [0, 0.1) is 0 Å². The zero-order chi connectivity index (χ0) is 24.7. The molecule has 0 saturated heterocycles. The van der Waals surface area contributed by atoms with Crippen molar-refractivity contribution in [1.29, 1.82) is 0 Å². The fraction of sp³-hybridized carbons (Fsp3) is 0.227. The van der Waals surface area contributed by atoms with Crippen molar-refractivity contribution >= 4 is 68.8 Å². The second-order valence-electron chi connectivity index (χ2n) is 7.41. The van der Waals surface area contributed by atoms with Gasteiger partial charge in [0, 0.05) is 5.69 Å². The molecule has 1 aromatic heterocycles. The molecule has 2 aromatic carbocycles. The maximum atomic E-state index is 11.6. The van der Waals surface area contributed by atoms with Crippen molar-refractivity contribution in [2.24, 2.45) is 0 Å². The summed E-state index contributed by atoms with van der Waals surface area (Å²) < 4.78 is 36.2. The number of rotatable bonds is 10. The van der Waals surface area contributed by atoms with Gasteiger partial charge in [-0.15, -0.1) is 12.4 Å². The van der Waals surface area contributed by atoms with Gasteiger partial charge in [0.05, 0.1) is 29.9 Å². The summed E-state index contributed by atoms with van der Waals surface area (Å²) in [6, 6.07) is 13.6. The first-order valence-corrected chi connectivity index (χ1v) is 12.4. The number of anilines is 5. The van der Waals surface area contributed by atoms with Gasteiger partial charge in [-0.25, -0.2) is 18.2 Å². The van der Waals surface area contributed by atoms with Gasteiger partial charge in [0.25, 0.3) is 0 Å². The van der Waals surface area contributed by atoms with Crippen LogP contribution >= 0.6 is 24.0 Å². The lowest BCUT2D eigenvalue weighted by Crippen LogP contribution is -2.18. The lowest BCUT2D eigenvalue weighted by Gasteiger charge is -2.14. The lowest BCUT2D eigenvalue weighted by atomic mass is 10.2. The number of halogens is 2. The molecule has 0 bridgehead atoms. The molecule has 0 aliphatic carbocycles. The molecule has 35 heavy (non-hydrogen) atoms. The molecule has 13 heteroatoms. The number of esters is 1. The van der Waals surface area contributed by atoms with Crippen molar-refractivity contribution in [2.75, 3.05) is 28.2 Å². The van der Waals surface area contributed by atoms with Gasteiger partial charge in [0.15, 0.2) is 12.4 Å². The van der Waals surface area contributed by atoms with Crippen molar-refractivity contribution in [3.05, 3.63) is 59.8 Å². The highest BCUT2D eigenvalue weighted by Gasteiger charge is 2.12. The van der Waals surface area contributed by atoms with Crippen LogP contribution in [0.25, 0.3) is 0 Å². The maximum Gasteiger partial charge on any atom is 0.344 e. The standard InChI is InChI=1S/C22H24ClN5O5S.ClH/c1-14(2)33-20(29)13-32-16-10-8-15(9-11-16)25-22-24-12-17(23)21(27-22)26-18-6-4-5-7-19(18)28-34(3,30)31;/h4-12,14,28H,13H2,1-3H3,(H2,24,25,26,27);1H. The molecule has 0 spiro atoms. The molecule has 1 heterocycles. The van der Waals surface area contributed by atoms with Crippen LogP contribution in [0.4, 0.5) is 28.8 Å². The highest BCUT2D eigenvalue weighted by molar-refractivity contribution is 7.92. The Morgan fingerprint density at radius 2 is 1.71 bits per heavy atom. The predicted octanol–water partition coefficient (Wildman–Crippen LogP) is 4.74. The third kappa shape index (κ3) is 9.12. The molecule has 10 nitrogen and oxygen atoms in total. The van der Waals surface area contributed by atoms with Crippen molar-refractivity contribution in [3.63, 3.8) is 0 Å². The molecular weight excluding hydrogens is 517 g/mol. The molecule has 3 rings (SSSR count). The molecular formula is C22H25Cl2N5O5S. The number of hydrogen-bond acceptors (Lipinski definition) is 9. The monoisotopic (exact) mass is 541 g/mol. The van der Waals surface area contributed by atoms with E-state index in [4.69, 9.17) is 21.1 Å². The SMILES string of the molecule is CC(C)OC(=O)COc1ccc(Nc2ncc(Cl)c(Nc3ccccc3NS(C)(=O)=O)n2)cc1.Cl. The average molecular weight is 542 g/mol. The Labute approximate surface area is 214 Å². The number of nitrogens with zero attached hydrogens (tertiary/aromatic N) is 2. The minimum Gasteiger partial charge on any atom is -0.482 e. The Morgan fingerprint density at radius 1 is 1.06 bits per heavy atom. The van der Waals surface area contributed by atoms with Gasteiger partial charge >= 0.3 is 5.97 Å². The first kappa shape index (κ1) is 28.0. The number of sulfonamides is 1. The van der Waals surface area contributed by atoms with Crippen LogP contribution < -0.4 is 20.1 Å². The summed E-state index contributed by atoms with van der Waals surface area (Å²) in [7, 11) is -3.47. The summed E-state index contributed by atoms with van der Waals surface area (Å²) in [5.41, 5.74) is 1.49. The van der Waals surface area contributed by atoms with Gasteiger partial charge in [-0.3, -0.25) is 4.72 Å². The largest absolute Gasteiger partial charge is 0.482 e. The molecule has 0 aliphatic heterocycles. The van der Waals surface area contributed by atoms with E-state index in [9.17, 15) is 13.2 Å². The van der Waals surface area contributed by atoms with E-state index < -0.39 is 16.0 Å². The van der Waals surface area contributed by atoms with Gasteiger partial charge in [0.2, 0.25) is 16.0 Å². The maximum absolute atomic E-state index is 11.6. The van der Waals surface area contributed by atoms with E-state index in [2.05, 4.69) is 25.3 Å². The second kappa shape index (κ2) is 12.4. The van der Waals surface area contributed by atoms with E-state index in [1.807, 2.05) is 0 Å². The lowest BCUT2D eigenvalue weighted by molar-refractivity contribution is -0.149. The Bertz CT molecular complexity index is 1260. The third-order valence-corrected chi connectivity index (χ3v) is 4.92. The van der Waals surface area contributed by atoms with E-state index in [1.54, 1.807) is 62.4 Å². The first-order valence-electron chi connectivity index (χ1n) is 10.1. The minimum absolute atomic E-state index is 0. The molecule has 0 aliphatic rings. The molecule has 0 radical (unpaired) electrons. The van der Waals surface area contributed by atoms with Crippen LogP contribution in [0.1, 0.15) is 13.8 Å². The summed E-state index contributed by atoms with van der Waals surface area (Å²) >= 11 is 6.24. The number of carbonyl (C=O) groups is 1. The summed E-state index contributed by atoms with van der Waals surface area (Å²) in [6.07, 6.45) is 2.28. The molecule has 0 unspecified atom stereocenters. The number of aromatic nitrogens is 2. The van der Waals surface area contributed by atoms with Crippen LogP contribution in [-0.4, -0.2) is 43.3 Å². The van der Waals surface area contributed by atoms with Crippen molar-refractivity contribution in [1.82, 2.24) is 9.97 Å². The van der Waals surface area contributed by atoms with Gasteiger partial charge in [-0.2, -0.15) is 4.98 Å². The van der Waals surface area contributed by atoms with Crippen LogP contribution in [0.15, 0.2) is 54.7 Å². The highest BCUT2D eigenvalue weighted by atomic mass is 35.5. The van der Waals surface area contributed by atoms with E-state index in [0.29, 0.717) is 22.8 Å². The summed E-state index contributed by atoms with van der Waals surface area (Å²) in [5, 5.41) is 6.32. The minimum atomic E-state index is -3.47. The molecule has 3 aromatic rings. The molecule has 0 saturated carbocycles. The van der Waals surface area contributed by atoms with Crippen LogP contribution in [0.2, 0.25) is 5.02 Å². The Balaban J connectivity index is 0.00000432. The number of nitrogens with one attached hydrogen (secondary N) is 3. The Hall–Kier alpha value is -3.28. The number of ether oxygens (including phenoxy) is 2. The molecule has 3 N–H and O–H groups in total. The predicted molar refractivity (Wildman–Crippen MR) is 139 cm³/mol. The van der Waals surface area contributed by atoms with Crippen molar-refractivity contribution in [3.8, 4) is 5.75 Å². The Kier molecular flexibility index (Phi) is 9.93. The zero-order valence-electron chi connectivity index (χ0n) is 19.1. The topological polar surface area (TPSA) is 132 Å². The summed E-state index contributed by atoms with van der Waals surface area (Å²) in [6.45, 7) is 3.35. The number of hydrogen-bond donors (Lipinski definition) is 3. The smallest absolute Gasteiger partial charge is 0.344 e. The number of benzene rings is 2. The van der Waals surface area contributed by atoms with Crippen LogP contribution in [0.5, 0.6) is 5.75 Å². The van der Waals surface area contributed by atoms with Gasteiger partial charge in [-0.1, -0.05) is 23.7 Å². The first-order chi connectivity index (χ1) is 16.1. The Morgan fingerprint density at radius 3 is 2.34 bits per heavy atom. The number of carbonyl (C=O) groups excluding carboxylic acids is 1. The zero-order valence-corrected chi connectivity index (χ0v) is 21.5. The second-order valence-corrected chi connectivity index (χ2v) is 9.57. The van der Waals surface area contributed by atoms with E-state index >= 15 is 0 Å².